The van der Waals surface area contributed by atoms with Crippen molar-refractivity contribution in [3.05, 3.63) is 0 Å². The molecule has 15 heavy (non-hydrogen) atoms. The molecule has 0 rings (SSSR count). The monoisotopic (exact) mass is 217 g/mol. The molecule has 2 N–H and O–H groups in total. The summed E-state index contributed by atoms with van der Waals surface area (Å²) in [5, 5.41) is 12.8. The predicted octanol–water partition coefficient (Wildman–Crippen LogP) is 1.08. The molecule has 0 aromatic rings. The highest BCUT2D eigenvalue weighted by Gasteiger charge is 2.21. The Bertz CT molecular complexity index is 187. The van der Waals surface area contributed by atoms with Gasteiger partial charge in [0.25, 0.3) is 0 Å². The molecular formula is C11H23NO3. The number of hydrogen-bond donors (Lipinski definition) is 2. The zero-order valence-corrected chi connectivity index (χ0v) is 10.2. The van der Waals surface area contributed by atoms with Gasteiger partial charge in [-0.2, -0.15) is 0 Å². The lowest BCUT2D eigenvalue weighted by atomic mass is 10.0. The van der Waals surface area contributed by atoms with Crippen molar-refractivity contribution in [2.45, 2.75) is 52.2 Å². The molecule has 0 aromatic heterocycles. The van der Waals surface area contributed by atoms with E-state index in [4.69, 9.17) is 4.74 Å². The predicted molar refractivity (Wildman–Crippen MR) is 59.6 cm³/mol. The maximum absolute atomic E-state index is 11.0. The number of aliphatic hydroxyl groups is 1. The first kappa shape index (κ1) is 14.4. The van der Waals surface area contributed by atoms with Crippen LogP contribution in [0.1, 0.15) is 40.5 Å². The summed E-state index contributed by atoms with van der Waals surface area (Å²) in [6.07, 6.45) is 1.17. The van der Waals surface area contributed by atoms with Crippen molar-refractivity contribution in [1.29, 1.82) is 0 Å². The van der Waals surface area contributed by atoms with Gasteiger partial charge in [0.15, 0.2) is 0 Å². The summed E-state index contributed by atoms with van der Waals surface area (Å²) in [5.41, 5.74) is -0.732. The fourth-order valence-corrected chi connectivity index (χ4v) is 1.03. The van der Waals surface area contributed by atoms with Crippen molar-refractivity contribution >= 4 is 5.97 Å². The van der Waals surface area contributed by atoms with Crippen LogP contribution in [0.4, 0.5) is 0 Å². The van der Waals surface area contributed by atoms with E-state index in [1.165, 1.54) is 0 Å². The molecule has 0 amide bonds. The van der Waals surface area contributed by atoms with Crippen LogP contribution >= 0.6 is 0 Å². The highest BCUT2D eigenvalue weighted by Crippen LogP contribution is 2.07. The van der Waals surface area contributed by atoms with Gasteiger partial charge in [-0.15, -0.1) is 0 Å². The van der Waals surface area contributed by atoms with Gasteiger partial charge in [-0.25, -0.2) is 0 Å². The fourth-order valence-electron chi connectivity index (χ4n) is 1.03. The van der Waals surface area contributed by atoms with Crippen molar-refractivity contribution in [1.82, 2.24) is 5.32 Å². The summed E-state index contributed by atoms with van der Waals surface area (Å²) in [4.78, 5) is 11.0. The van der Waals surface area contributed by atoms with Crippen LogP contribution in [0.25, 0.3) is 0 Å². The van der Waals surface area contributed by atoms with Crippen molar-refractivity contribution in [2.75, 3.05) is 13.2 Å². The molecule has 0 aliphatic rings. The van der Waals surface area contributed by atoms with Crippen molar-refractivity contribution in [3.63, 3.8) is 0 Å². The minimum atomic E-state index is -0.732. The molecule has 4 heteroatoms. The SMILES string of the molecule is CCOC(=O)CCCNC(C)C(C)(C)O. The number of nitrogens with one attached hydrogen (secondary N) is 1. The van der Waals surface area contributed by atoms with Crippen LogP contribution in [0.2, 0.25) is 0 Å². The second-order valence-electron chi connectivity index (χ2n) is 4.24. The van der Waals surface area contributed by atoms with Gasteiger partial charge < -0.3 is 15.2 Å². The third-order valence-electron chi connectivity index (χ3n) is 2.37. The number of carbonyl (C=O) groups is 1. The quantitative estimate of drug-likeness (QED) is 0.495. The molecule has 0 aromatic carbocycles. The first-order valence-corrected chi connectivity index (χ1v) is 5.49. The van der Waals surface area contributed by atoms with E-state index in [2.05, 4.69) is 5.32 Å². The van der Waals surface area contributed by atoms with Crippen molar-refractivity contribution in [2.24, 2.45) is 0 Å². The Morgan fingerprint density at radius 2 is 2.13 bits per heavy atom. The maximum atomic E-state index is 11.0. The summed E-state index contributed by atoms with van der Waals surface area (Å²) < 4.78 is 4.80. The molecule has 0 saturated heterocycles. The largest absolute Gasteiger partial charge is 0.466 e. The van der Waals surface area contributed by atoms with E-state index in [1.807, 2.05) is 6.92 Å². The minimum Gasteiger partial charge on any atom is -0.466 e. The first-order valence-electron chi connectivity index (χ1n) is 5.49. The smallest absolute Gasteiger partial charge is 0.305 e. The van der Waals surface area contributed by atoms with E-state index >= 15 is 0 Å². The summed E-state index contributed by atoms with van der Waals surface area (Å²) >= 11 is 0. The van der Waals surface area contributed by atoms with Gasteiger partial charge in [0.05, 0.1) is 12.2 Å². The van der Waals surface area contributed by atoms with Gasteiger partial charge >= 0.3 is 5.97 Å². The average molecular weight is 217 g/mol. The molecule has 0 fully saturated rings. The summed E-state index contributed by atoms with van der Waals surface area (Å²) in [7, 11) is 0. The second-order valence-corrected chi connectivity index (χ2v) is 4.24. The Morgan fingerprint density at radius 1 is 1.53 bits per heavy atom. The molecule has 0 radical (unpaired) electrons. The Morgan fingerprint density at radius 3 is 2.60 bits per heavy atom. The Hall–Kier alpha value is -0.610. The van der Waals surface area contributed by atoms with Crippen LogP contribution in [-0.2, 0) is 9.53 Å². The van der Waals surface area contributed by atoms with E-state index in [0.29, 0.717) is 19.6 Å². The Balaban J connectivity index is 3.51. The lowest BCUT2D eigenvalue weighted by Crippen LogP contribution is -2.44. The first-order chi connectivity index (χ1) is 6.88. The summed E-state index contributed by atoms with van der Waals surface area (Å²) in [5.74, 6) is -0.157. The molecule has 0 bridgehead atoms. The van der Waals surface area contributed by atoms with E-state index in [1.54, 1.807) is 20.8 Å². The molecule has 0 saturated carbocycles. The van der Waals surface area contributed by atoms with Crippen LogP contribution in [0.3, 0.4) is 0 Å². The molecule has 90 valence electrons. The molecule has 1 unspecified atom stereocenters. The average Bonchev–Trinajstić information content (AvgIpc) is 2.11. The second kappa shape index (κ2) is 6.80. The van der Waals surface area contributed by atoms with Gasteiger partial charge in [-0.3, -0.25) is 4.79 Å². The Labute approximate surface area is 92.0 Å². The maximum Gasteiger partial charge on any atom is 0.305 e. The molecular weight excluding hydrogens is 194 g/mol. The van der Waals surface area contributed by atoms with E-state index in [-0.39, 0.29) is 12.0 Å². The van der Waals surface area contributed by atoms with Gasteiger partial charge in [0, 0.05) is 12.5 Å². The molecule has 0 aliphatic carbocycles. The lowest BCUT2D eigenvalue weighted by Gasteiger charge is -2.26. The summed E-state index contributed by atoms with van der Waals surface area (Å²) in [6.45, 7) is 8.39. The lowest BCUT2D eigenvalue weighted by molar-refractivity contribution is -0.143. The number of rotatable bonds is 7. The van der Waals surface area contributed by atoms with Gasteiger partial charge in [0.1, 0.15) is 0 Å². The number of hydrogen-bond acceptors (Lipinski definition) is 4. The van der Waals surface area contributed by atoms with Crippen molar-refractivity contribution < 1.29 is 14.6 Å². The van der Waals surface area contributed by atoms with E-state index in [9.17, 15) is 9.90 Å². The third-order valence-corrected chi connectivity index (χ3v) is 2.37. The van der Waals surface area contributed by atoms with Gasteiger partial charge in [-0.05, 0) is 40.7 Å². The van der Waals surface area contributed by atoms with Crippen molar-refractivity contribution in [3.8, 4) is 0 Å². The molecule has 0 aliphatic heterocycles. The normalized spacial score (nSPS) is 13.7. The topological polar surface area (TPSA) is 58.6 Å². The number of carbonyl (C=O) groups excluding carboxylic acids is 1. The highest BCUT2D eigenvalue weighted by atomic mass is 16.5. The van der Waals surface area contributed by atoms with Crippen LogP contribution in [0, 0.1) is 0 Å². The van der Waals surface area contributed by atoms with Gasteiger partial charge in [-0.1, -0.05) is 0 Å². The molecule has 0 heterocycles. The van der Waals surface area contributed by atoms with E-state index < -0.39 is 5.60 Å². The van der Waals surface area contributed by atoms with Crippen LogP contribution in [0.5, 0.6) is 0 Å². The highest BCUT2D eigenvalue weighted by molar-refractivity contribution is 5.69. The fraction of sp³-hybridized carbons (Fsp3) is 0.909. The molecule has 4 nitrogen and oxygen atoms in total. The zero-order chi connectivity index (χ0) is 11.9. The van der Waals surface area contributed by atoms with Gasteiger partial charge in [0.2, 0.25) is 0 Å². The Kier molecular flexibility index (Phi) is 6.52. The summed E-state index contributed by atoms with van der Waals surface area (Å²) in [6, 6.07) is 0.0136. The van der Waals surface area contributed by atoms with E-state index in [0.717, 1.165) is 6.42 Å². The van der Waals surface area contributed by atoms with Crippen LogP contribution in [0.15, 0.2) is 0 Å². The molecule has 1 atom stereocenters. The number of ether oxygens (including phenoxy) is 1. The molecule has 0 spiro atoms. The van der Waals surface area contributed by atoms with Crippen LogP contribution < -0.4 is 5.32 Å². The minimum absolute atomic E-state index is 0.0136. The standard InChI is InChI=1S/C11H23NO3/c1-5-15-10(13)7-6-8-12-9(2)11(3,4)14/h9,12,14H,5-8H2,1-4H3. The third kappa shape index (κ3) is 7.33. The van der Waals surface area contributed by atoms with Crippen LogP contribution in [-0.4, -0.2) is 35.9 Å². The zero-order valence-electron chi connectivity index (χ0n) is 10.2. The number of esters is 1.